The van der Waals surface area contributed by atoms with Crippen LogP contribution in [0.15, 0.2) is 12.1 Å². The number of esters is 1. The molecule has 0 bridgehead atoms. The van der Waals surface area contributed by atoms with Crippen molar-refractivity contribution in [3.05, 3.63) is 34.6 Å². The number of benzene rings is 1. The molecule has 0 spiro atoms. The summed E-state index contributed by atoms with van der Waals surface area (Å²) in [6.07, 6.45) is 0. The molecular formula is C12H13FO3. The average molecular weight is 224 g/mol. The molecule has 0 aliphatic rings. The van der Waals surface area contributed by atoms with E-state index in [4.69, 9.17) is 0 Å². The van der Waals surface area contributed by atoms with Crippen molar-refractivity contribution < 1.29 is 18.7 Å². The summed E-state index contributed by atoms with van der Waals surface area (Å²) in [6, 6.07) is 2.70. The van der Waals surface area contributed by atoms with Gasteiger partial charge >= 0.3 is 5.97 Å². The lowest BCUT2D eigenvalue weighted by Crippen LogP contribution is -2.18. The largest absolute Gasteiger partial charge is 0.460 e. The highest BCUT2D eigenvalue weighted by molar-refractivity contribution is 6.40. The van der Waals surface area contributed by atoms with Gasteiger partial charge in [-0.05, 0) is 44.0 Å². The summed E-state index contributed by atoms with van der Waals surface area (Å²) in [7, 11) is 0. The molecule has 0 N–H and O–H groups in total. The predicted octanol–water partition coefficient (Wildman–Crippen LogP) is 2.19. The van der Waals surface area contributed by atoms with Crippen LogP contribution in [0, 0.1) is 19.7 Å². The highest BCUT2D eigenvalue weighted by atomic mass is 19.1. The number of hydrogen-bond acceptors (Lipinski definition) is 3. The molecule has 4 heteroatoms. The predicted molar refractivity (Wildman–Crippen MR) is 56.8 cm³/mol. The van der Waals surface area contributed by atoms with Crippen LogP contribution in [0.2, 0.25) is 0 Å². The summed E-state index contributed by atoms with van der Waals surface area (Å²) in [5.41, 5.74) is 0.843. The van der Waals surface area contributed by atoms with Gasteiger partial charge in [0.1, 0.15) is 5.82 Å². The van der Waals surface area contributed by atoms with E-state index >= 15 is 0 Å². The molecule has 0 aliphatic heterocycles. The highest BCUT2D eigenvalue weighted by Crippen LogP contribution is 2.15. The molecule has 0 aromatic heterocycles. The van der Waals surface area contributed by atoms with Crippen LogP contribution in [0.25, 0.3) is 0 Å². The van der Waals surface area contributed by atoms with Gasteiger partial charge in [-0.3, -0.25) is 4.79 Å². The first-order valence-corrected chi connectivity index (χ1v) is 4.95. The monoisotopic (exact) mass is 224 g/mol. The van der Waals surface area contributed by atoms with Gasteiger partial charge in [-0.1, -0.05) is 0 Å². The van der Waals surface area contributed by atoms with Crippen molar-refractivity contribution in [2.75, 3.05) is 6.61 Å². The molecule has 0 amide bonds. The van der Waals surface area contributed by atoms with Gasteiger partial charge in [-0.15, -0.1) is 0 Å². The highest BCUT2D eigenvalue weighted by Gasteiger charge is 2.19. The van der Waals surface area contributed by atoms with E-state index in [-0.39, 0.29) is 18.0 Å². The number of aryl methyl sites for hydroxylation is 2. The zero-order valence-electron chi connectivity index (χ0n) is 9.46. The van der Waals surface area contributed by atoms with Crippen molar-refractivity contribution >= 4 is 11.8 Å². The minimum atomic E-state index is -0.909. The van der Waals surface area contributed by atoms with Gasteiger partial charge in [0.05, 0.1) is 6.61 Å². The number of hydrogen-bond donors (Lipinski definition) is 0. The van der Waals surface area contributed by atoms with Crippen LogP contribution in [0.1, 0.15) is 28.4 Å². The second kappa shape index (κ2) is 4.88. The summed E-state index contributed by atoms with van der Waals surface area (Å²) in [6.45, 7) is 4.85. The van der Waals surface area contributed by atoms with Crippen LogP contribution in [0.3, 0.4) is 0 Å². The van der Waals surface area contributed by atoms with Crippen molar-refractivity contribution in [3.63, 3.8) is 0 Å². The Labute approximate surface area is 93.2 Å². The number of ether oxygens (including phenoxy) is 1. The van der Waals surface area contributed by atoms with E-state index in [1.807, 2.05) is 0 Å². The van der Waals surface area contributed by atoms with Crippen molar-refractivity contribution in [2.24, 2.45) is 0 Å². The van der Waals surface area contributed by atoms with Gasteiger partial charge in [0.25, 0.3) is 5.78 Å². The molecule has 1 rings (SSSR count). The molecule has 0 fully saturated rings. The Bertz CT molecular complexity index is 415. The third-order valence-electron chi connectivity index (χ3n) is 2.16. The second-order valence-corrected chi connectivity index (χ2v) is 3.47. The molecule has 0 atom stereocenters. The fraction of sp³-hybridized carbons (Fsp3) is 0.333. The lowest BCUT2D eigenvalue weighted by atomic mass is 10.0. The number of halogens is 1. The SMILES string of the molecule is CCOC(=O)C(=O)c1cc(C)c(F)c(C)c1. The smallest absolute Gasteiger partial charge is 0.379 e. The maximum Gasteiger partial charge on any atom is 0.379 e. The van der Waals surface area contributed by atoms with Crippen LogP contribution in [0.4, 0.5) is 4.39 Å². The molecule has 16 heavy (non-hydrogen) atoms. The van der Waals surface area contributed by atoms with E-state index in [1.54, 1.807) is 20.8 Å². The number of rotatable bonds is 3. The van der Waals surface area contributed by atoms with E-state index in [2.05, 4.69) is 4.74 Å². The lowest BCUT2D eigenvalue weighted by Gasteiger charge is -2.05. The minimum absolute atomic E-state index is 0.143. The summed E-state index contributed by atoms with van der Waals surface area (Å²) < 4.78 is 17.9. The third kappa shape index (κ3) is 2.45. The summed E-state index contributed by atoms with van der Waals surface area (Å²) in [5, 5.41) is 0. The standard InChI is InChI=1S/C12H13FO3/c1-4-16-12(15)11(14)9-5-7(2)10(13)8(3)6-9/h5-6H,4H2,1-3H3. The minimum Gasteiger partial charge on any atom is -0.460 e. The fourth-order valence-corrected chi connectivity index (χ4v) is 1.39. The number of ketones is 1. The van der Waals surface area contributed by atoms with Gasteiger partial charge in [-0.25, -0.2) is 9.18 Å². The first kappa shape index (κ1) is 12.4. The van der Waals surface area contributed by atoms with Crippen molar-refractivity contribution in [1.82, 2.24) is 0 Å². The van der Waals surface area contributed by atoms with Crippen LogP contribution in [-0.4, -0.2) is 18.4 Å². The van der Waals surface area contributed by atoms with Crippen molar-refractivity contribution in [2.45, 2.75) is 20.8 Å². The van der Waals surface area contributed by atoms with Crippen LogP contribution in [-0.2, 0) is 9.53 Å². The zero-order chi connectivity index (χ0) is 12.3. The average Bonchev–Trinajstić information content (AvgIpc) is 2.24. The normalized spacial score (nSPS) is 10.0. The molecule has 3 nitrogen and oxygen atoms in total. The van der Waals surface area contributed by atoms with Gasteiger partial charge in [0.2, 0.25) is 0 Å². The second-order valence-electron chi connectivity index (χ2n) is 3.47. The Kier molecular flexibility index (Phi) is 3.77. The van der Waals surface area contributed by atoms with Gasteiger partial charge in [0.15, 0.2) is 0 Å². The van der Waals surface area contributed by atoms with Crippen LogP contribution >= 0.6 is 0 Å². The maximum atomic E-state index is 13.3. The Morgan fingerprint density at radius 3 is 2.19 bits per heavy atom. The zero-order valence-corrected chi connectivity index (χ0v) is 9.46. The molecule has 0 saturated carbocycles. The molecule has 0 saturated heterocycles. The number of carbonyl (C=O) groups is 2. The first-order chi connectivity index (χ1) is 7.47. The van der Waals surface area contributed by atoms with Gasteiger partial charge in [-0.2, -0.15) is 0 Å². The van der Waals surface area contributed by atoms with E-state index in [0.29, 0.717) is 11.1 Å². The van der Waals surface area contributed by atoms with E-state index in [0.717, 1.165) is 0 Å². The summed E-state index contributed by atoms with van der Waals surface area (Å²) in [5.74, 6) is -2.01. The fourth-order valence-electron chi connectivity index (χ4n) is 1.39. The Hall–Kier alpha value is -1.71. The summed E-state index contributed by atoms with van der Waals surface area (Å²) >= 11 is 0. The quantitative estimate of drug-likeness (QED) is 0.449. The molecule has 1 aromatic carbocycles. The molecular weight excluding hydrogens is 211 g/mol. The van der Waals surface area contributed by atoms with E-state index in [9.17, 15) is 14.0 Å². The van der Waals surface area contributed by atoms with Crippen molar-refractivity contribution in [3.8, 4) is 0 Å². The van der Waals surface area contributed by atoms with Gasteiger partial charge in [0, 0.05) is 5.56 Å². The third-order valence-corrected chi connectivity index (χ3v) is 2.16. The van der Waals surface area contributed by atoms with Crippen LogP contribution < -0.4 is 0 Å². The molecule has 0 unspecified atom stereocenters. The number of carbonyl (C=O) groups excluding carboxylic acids is 2. The molecule has 86 valence electrons. The Morgan fingerprint density at radius 1 is 1.25 bits per heavy atom. The Morgan fingerprint density at radius 2 is 1.75 bits per heavy atom. The topological polar surface area (TPSA) is 43.4 Å². The van der Waals surface area contributed by atoms with E-state index in [1.165, 1.54) is 12.1 Å². The number of Topliss-reactive ketones (excluding diaryl/α,β-unsaturated/α-hetero) is 1. The maximum absolute atomic E-state index is 13.3. The van der Waals surface area contributed by atoms with Gasteiger partial charge < -0.3 is 4.74 Å². The van der Waals surface area contributed by atoms with E-state index < -0.39 is 11.8 Å². The summed E-state index contributed by atoms with van der Waals surface area (Å²) in [4.78, 5) is 22.7. The van der Waals surface area contributed by atoms with Crippen molar-refractivity contribution in [1.29, 1.82) is 0 Å². The molecule has 0 aliphatic carbocycles. The van der Waals surface area contributed by atoms with Crippen LogP contribution in [0.5, 0.6) is 0 Å². The molecule has 0 radical (unpaired) electrons. The Balaban J connectivity index is 3.06. The lowest BCUT2D eigenvalue weighted by molar-refractivity contribution is -0.137. The first-order valence-electron chi connectivity index (χ1n) is 4.95. The molecule has 0 heterocycles. The molecule has 1 aromatic rings.